The molecule has 43 heavy (non-hydrogen) atoms. The van der Waals surface area contributed by atoms with Crippen molar-refractivity contribution in [3.63, 3.8) is 0 Å². The Bertz CT molecular complexity index is 1180. The molecule has 0 saturated heterocycles. The molecule has 2 rings (SSSR count). The monoisotopic (exact) mass is 596 g/mol. The first-order valence-electron chi connectivity index (χ1n) is 14.8. The summed E-state index contributed by atoms with van der Waals surface area (Å²) in [7, 11) is 0. The van der Waals surface area contributed by atoms with Gasteiger partial charge in [-0.25, -0.2) is 0 Å². The zero-order chi connectivity index (χ0) is 31.7. The third-order valence-electron chi connectivity index (χ3n) is 6.80. The SMILES string of the molecule is CCC(=O)CCOCC(COCCC(C)=O)(COCCC(=O)CC)NC(=O)c1ccc(-c2ccc(C(=O)CC)cc2)nc1. The van der Waals surface area contributed by atoms with E-state index >= 15 is 0 Å². The van der Waals surface area contributed by atoms with Crippen molar-refractivity contribution in [1.82, 2.24) is 10.3 Å². The van der Waals surface area contributed by atoms with Crippen LogP contribution in [-0.2, 0) is 28.6 Å². The predicted octanol–water partition coefficient (Wildman–Crippen LogP) is 4.58. The van der Waals surface area contributed by atoms with Crippen LogP contribution < -0.4 is 5.32 Å². The van der Waals surface area contributed by atoms with E-state index in [2.05, 4.69) is 10.3 Å². The van der Waals surface area contributed by atoms with Gasteiger partial charge in [-0.3, -0.25) is 29.0 Å². The average Bonchev–Trinajstić information content (AvgIpc) is 3.02. The van der Waals surface area contributed by atoms with Crippen LogP contribution in [-0.4, -0.2) is 79.2 Å². The van der Waals surface area contributed by atoms with Gasteiger partial charge in [0.15, 0.2) is 5.78 Å². The number of hydrogen-bond donors (Lipinski definition) is 1. The second-order valence-electron chi connectivity index (χ2n) is 10.4. The number of rotatable bonds is 22. The third-order valence-corrected chi connectivity index (χ3v) is 6.80. The number of ether oxygens (including phenoxy) is 3. The summed E-state index contributed by atoms with van der Waals surface area (Å²) in [5, 5.41) is 2.98. The Morgan fingerprint density at radius 3 is 1.65 bits per heavy atom. The Balaban J connectivity index is 2.23. The standard InChI is InChI=1S/C33H44N2O8/c1-5-28(37)15-18-42-22-33(21-41-17-14-24(4)36,23-43-19-16-29(38)6-2)35-32(40)27-12-13-30(34-20-27)25-8-10-26(11-9-25)31(39)7-3/h8-13,20H,5-7,14-19,21-23H2,1-4H3,(H,35,40). The minimum absolute atomic E-state index is 0.0220. The molecule has 2 aromatic rings. The van der Waals surface area contributed by atoms with Gasteiger partial charge in [-0.05, 0) is 19.1 Å². The van der Waals surface area contributed by atoms with E-state index in [4.69, 9.17) is 14.2 Å². The molecular formula is C33H44N2O8. The van der Waals surface area contributed by atoms with Crippen molar-refractivity contribution in [2.75, 3.05) is 39.6 Å². The summed E-state index contributed by atoms with van der Waals surface area (Å²) in [5.41, 5.74) is 1.19. The molecule has 0 spiro atoms. The van der Waals surface area contributed by atoms with Gasteiger partial charge >= 0.3 is 0 Å². The Morgan fingerprint density at radius 1 is 0.698 bits per heavy atom. The highest BCUT2D eigenvalue weighted by molar-refractivity contribution is 5.96. The molecule has 1 aromatic carbocycles. The van der Waals surface area contributed by atoms with Crippen molar-refractivity contribution in [1.29, 1.82) is 0 Å². The Kier molecular flexibility index (Phi) is 15.6. The van der Waals surface area contributed by atoms with Crippen LogP contribution in [0.2, 0.25) is 0 Å². The van der Waals surface area contributed by atoms with Crippen molar-refractivity contribution in [2.24, 2.45) is 0 Å². The highest BCUT2D eigenvalue weighted by atomic mass is 16.5. The lowest BCUT2D eigenvalue weighted by atomic mass is 10.0. The van der Waals surface area contributed by atoms with Crippen molar-refractivity contribution in [3.8, 4) is 11.3 Å². The maximum absolute atomic E-state index is 13.5. The van der Waals surface area contributed by atoms with E-state index in [1.807, 2.05) is 19.1 Å². The molecule has 0 aliphatic carbocycles. The lowest BCUT2D eigenvalue weighted by Crippen LogP contribution is -2.58. The van der Waals surface area contributed by atoms with E-state index in [0.717, 1.165) is 5.56 Å². The molecule has 0 radical (unpaired) electrons. The molecule has 10 heteroatoms. The summed E-state index contributed by atoms with van der Waals surface area (Å²) in [4.78, 5) is 64.8. The number of ketones is 4. The molecule has 0 atom stereocenters. The lowest BCUT2D eigenvalue weighted by molar-refractivity contribution is -0.120. The predicted molar refractivity (Wildman–Crippen MR) is 162 cm³/mol. The summed E-state index contributed by atoms with van der Waals surface area (Å²) in [5.74, 6) is -0.309. The molecule has 0 fully saturated rings. The smallest absolute Gasteiger partial charge is 0.253 e. The van der Waals surface area contributed by atoms with Gasteiger partial charge in [0.1, 0.15) is 22.9 Å². The second kappa shape index (κ2) is 18.8. The summed E-state index contributed by atoms with van der Waals surface area (Å²) in [6.07, 6.45) is 3.36. The van der Waals surface area contributed by atoms with Gasteiger partial charge in [0.25, 0.3) is 5.91 Å². The fraction of sp³-hybridized carbons (Fsp3) is 0.515. The third kappa shape index (κ3) is 12.7. The number of Topliss-reactive ketones (excluding diaryl/α,β-unsaturated/α-hetero) is 4. The molecular weight excluding hydrogens is 552 g/mol. The molecule has 234 valence electrons. The van der Waals surface area contributed by atoms with Gasteiger partial charge < -0.3 is 19.5 Å². The highest BCUT2D eigenvalue weighted by Gasteiger charge is 2.34. The Hall–Kier alpha value is -3.60. The van der Waals surface area contributed by atoms with Crippen LogP contribution in [0.25, 0.3) is 11.3 Å². The minimum Gasteiger partial charge on any atom is -0.378 e. The molecule has 0 aliphatic heterocycles. The van der Waals surface area contributed by atoms with Crippen LogP contribution >= 0.6 is 0 Å². The second-order valence-corrected chi connectivity index (χ2v) is 10.4. The van der Waals surface area contributed by atoms with Gasteiger partial charge in [0, 0.05) is 55.8 Å². The van der Waals surface area contributed by atoms with E-state index in [-0.39, 0.29) is 87.6 Å². The Labute approximate surface area is 253 Å². The minimum atomic E-state index is -1.17. The molecule has 0 aliphatic rings. The van der Waals surface area contributed by atoms with E-state index < -0.39 is 11.4 Å². The summed E-state index contributed by atoms with van der Waals surface area (Å²) >= 11 is 0. The molecule has 0 saturated carbocycles. The van der Waals surface area contributed by atoms with Crippen LogP contribution in [0.1, 0.15) is 86.9 Å². The number of amides is 1. The number of carbonyl (C=O) groups is 5. The fourth-order valence-corrected chi connectivity index (χ4v) is 4.02. The van der Waals surface area contributed by atoms with Gasteiger partial charge in [0.05, 0.1) is 50.9 Å². The number of hydrogen-bond acceptors (Lipinski definition) is 9. The maximum atomic E-state index is 13.5. The van der Waals surface area contributed by atoms with Crippen LogP contribution in [0.15, 0.2) is 42.6 Å². The van der Waals surface area contributed by atoms with Crippen LogP contribution in [0.5, 0.6) is 0 Å². The summed E-state index contributed by atoms with van der Waals surface area (Å²) in [6, 6.07) is 10.5. The molecule has 0 bridgehead atoms. The topological polar surface area (TPSA) is 138 Å². The molecule has 1 heterocycles. The van der Waals surface area contributed by atoms with E-state index in [1.54, 1.807) is 38.1 Å². The molecule has 1 N–H and O–H groups in total. The summed E-state index contributed by atoms with van der Waals surface area (Å²) in [6.45, 7) is 7.24. The van der Waals surface area contributed by atoms with Crippen molar-refractivity contribution in [3.05, 3.63) is 53.7 Å². The zero-order valence-electron chi connectivity index (χ0n) is 25.7. The van der Waals surface area contributed by atoms with E-state index in [1.165, 1.54) is 13.1 Å². The van der Waals surface area contributed by atoms with Crippen molar-refractivity contribution in [2.45, 2.75) is 71.8 Å². The van der Waals surface area contributed by atoms with Gasteiger partial charge in [0.2, 0.25) is 0 Å². The van der Waals surface area contributed by atoms with Gasteiger partial charge in [-0.2, -0.15) is 0 Å². The van der Waals surface area contributed by atoms with Crippen molar-refractivity contribution < 1.29 is 38.2 Å². The first kappa shape index (κ1) is 35.6. The first-order valence-corrected chi connectivity index (χ1v) is 14.8. The Morgan fingerprint density at radius 2 is 1.21 bits per heavy atom. The van der Waals surface area contributed by atoms with Gasteiger partial charge in [-0.1, -0.05) is 45.0 Å². The average molecular weight is 597 g/mol. The number of carbonyl (C=O) groups excluding carboxylic acids is 5. The highest BCUT2D eigenvalue weighted by Crippen LogP contribution is 2.19. The first-order chi connectivity index (χ1) is 20.6. The van der Waals surface area contributed by atoms with E-state index in [9.17, 15) is 24.0 Å². The number of benzene rings is 1. The van der Waals surface area contributed by atoms with Crippen molar-refractivity contribution >= 4 is 29.0 Å². The molecule has 10 nitrogen and oxygen atoms in total. The number of nitrogens with one attached hydrogen (secondary N) is 1. The van der Waals surface area contributed by atoms with Crippen LogP contribution in [0.4, 0.5) is 0 Å². The molecule has 1 amide bonds. The van der Waals surface area contributed by atoms with Crippen LogP contribution in [0, 0.1) is 0 Å². The van der Waals surface area contributed by atoms with E-state index in [0.29, 0.717) is 30.5 Å². The quantitative estimate of drug-likeness (QED) is 0.153. The number of aromatic nitrogens is 1. The number of nitrogens with zero attached hydrogens (tertiary/aromatic N) is 1. The molecule has 1 aromatic heterocycles. The largest absolute Gasteiger partial charge is 0.378 e. The summed E-state index contributed by atoms with van der Waals surface area (Å²) < 4.78 is 17.4. The zero-order valence-corrected chi connectivity index (χ0v) is 25.7. The number of pyridine rings is 1. The van der Waals surface area contributed by atoms with Gasteiger partial charge in [-0.15, -0.1) is 0 Å². The lowest BCUT2D eigenvalue weighted by Gasteiger charge is -2.34. The maximum Gasteiger partial charge on any atom is 0.253 e. The normalized spacial score (nSPS) is 11.3. The van der Waals surface area contributed by atoms with Crippen LogP contribution in [0.3, 0.4) is 0 Å². The molecule has 0 unspecified atom stereocenters. The fourth-order valence-electron chi connectivity index (χ4n) is 4.02.